The van der Waals surface area contributed by atoms with Crippen LogP contribution in [0.2, 0.25) is 0 Å². The van der Waals surface area contributed by atoms with Gasteiger partial charge in [0.05, 0.1) is 17.3 Å². The van der Waals surface area contributed by atoms with Gasteiger partial charge in [0.2, 0.25) is 5.91 Å². The number of nitrogens with one attached hydrogen (secondary N) is 1. The number of anilines is 1. The Balaban J connectivity index is 2.99. The summed E-state index contributed by atoms with van der Waals surface area (Å²) in [7, 11) is 0. The van der Waals surface area contributed by atoms with Crippen LogP contribution in [-0.2, 0) is 11.0 Å². The summed E-state index contributed by atoms with van der Waals surface area (Å²) >= 11 is 0. The zero-order chi connectivity index (χ0) is 13.9. The number of benzene rings is 1. The molecule has 0 saturated heterocycles. The fourth-order valence-electron chi connectivity index (χ4n) is 1.22. The van der Waals surface area contributed by atoms with Crippen LogP contribution in [0.3, 0.4) is 0 Å². The molecule has 0 spiro atoms. The fourth-order valence-corrected chi connectivity index (χ4v) is 1.22. The van der Waals surface area contributed by atoms with Crippen molar-refractivity contribution in [2.24, 2.45) is 5.73 Å². The van der Waals surface area contributed by atoms with E-state index >= 15 is 0 Å². The lowest BCUT2D eigenvalue weighted by Crippen LogP contribution is -2.34. The van der Waals surface area contributed by atoms with E-state index in [1.807, 2.05) is 0 Å². The molecule has 18 heavy (non-hydrogen) atoms. The van der Waals surface area contributed by atoms with E-state index in [-0.39, 0.29) is 5.69 Å². The maximum Gasteiger partial charge on any atom is 0.416 e. The Kier molecular flexibility index (Phi) is 4.18. The average Bonchev–Trinajstić information content (AvgIpc) is 2.29. The van der Waals surface area contributed by atoms with Gasteiger partial charge in [-0.1, -0.05) is 6.92 Å². The molecule has 0 fully saturated rings. The highest BCUT2D eigenvalue weighted by Crippen LogP contribution is 2.34. The molecule has 0 radical (unpaired) electrons. The fraction of sp³-hybridized carbons (Fsp3) is 0.364. The Hall–Kier alpha value is -1.76. The molecule has 0 aromatic heterocycles. The summed E-state index contributed by atoms with van der Waals surface area (Å²) in [4.78, 5) is 11.4. The van der Waals surface area contributed by atoms with Gasteiger partial charge in [-0.25, -0.2) is 0 Å². The van der Waals surface area contributed by atoms with Crippen molar-refractivity contribution in [3.05, 3.63) is 23.8 Å². The van der Waals surface area contributed by atoms with E-state index in [1.54, 1.807) is 6.92 Å². The van der Waals surface area contributed by atoms with E-state index in [1.165, 1.54) is 0 Å². The maximum absolute atomic E-state index is 12.4. The Bertz CT molecular complexity index is 446. The van der Waals surface area contributed by atoms with Crippen LogP contribution in [0, 0.1) is 0 Å². The number of phenolic OH excluding ortho intramolecular Hbond substituents is 1. The Morgan fingerprint density at radius 2 is 2.11 bits per heavy atom. The number of phenols is 1. The molecule has 0 aliphatic carbocycles. The first kappa shape index (κ1) is 14.3. The summed E-state index contributed by atoms with van der Waals surface area (Å²) in [5.74, 6) is -1.09. The van der Waals surface area contributed by atoms with Gasteiger partial charge in [0, 0.05) is 0 Å². The molecule has 1 amide bonds. The van der Waals surface area contributed by atoms with Gasteiger partial charge in [-0.3, -0.25) is 4.79 Å². The van der Waals surface area contributed by atoms with Crippen molar-refractivity contribution in [2.45, 2.75) is 25.6 Å². The highest BCUT2D eigenvalue weighted by Gasteiger charge is 2.31. The van der Waals surface area contributed by atoms with Gasteiger partial charge < -0.3 is 16.2 Å². The number of carbonyl (C=O) groups is 1. The molecule has 4 nitrogen and oxygen atoms in total. The zero-order valence-electron chi connectivity index (χ0n) is 9.58. The normalized spacial score (nSPS) is 13.2. The molecule has 1 rings (SSSR count). The van der Waals surface area contributed by atoms with Crippen molar-refractivity contribution >= 4 is 11.6 Å². The van der Waals surface area contributed by atoms with E-state index in [4.69, 9.17) is 5.73 Å². The largest absolute Gasteiger partial charge is 0.506 e. The molecular formula is C11H13F3N2O2. The van der Waals surface area contributed by atoms with Gasteiger partial charge in [0.25, 0.3) is 0 Å². The van der Waals surface area contributed by atoms with Crippen molar-refractivity contribution in [3.63, 3.8) is 0 Å². The van der Waals surface area contributed by atoms with Crippen LogP contribution in [0.1, 0.15) is 18.9 Å². The first-order chi connectivity index (χ1) is 8.25. The van der Waals surface area contributed by atoms with E-state index in [9.17, 15) is 23.1 Å². The predicted octanol–water partition coefficient (Wildman–Crippen LogP) is 2.09. The molecule has 1 aromatic carbocycles. The maximum atomic E-state index is 12.4. The Morgan fingerprint density at radius 3 is 2.61 bits per heavy atom. The Morgan fingerprint density at radius 1 is 1.50 bits per heavy atom. The van der Waals surface area contributed by atoms with Crippen LogP contribution < -0.4 is 11.1 Å². The highest BCUT2D eigenvalue weighted by molar-refractivity contribution is 5.95. The predicted molar refractivity (Wildman–Crippen MR) is 60.0 cm³/mol. The molecule has 4 N–H and O–H groups in total. The van der Waals surface area contributed by atoms with Crippen molar-refractivity contribution < 1.29 is 23.1 Å². The summed E-state index contributed by atoms with van der Waals surface area (Å²) in [5.41, 5.74) is 4.16. The molecule has 0 heterocycles. The lowest BCUT2D eigenvalue weighted by molar-refractivity contribution is -0.137. The number of rotatable bonds is 3. The van der Waals surface area contributed by atoms with E-state index in [2.05, 4.69) is 5.32 Å². The number of alkyl halides is 3. The van der Waals surface area contributed by atoms with Crippen molar-refractivity contribution in [2.75, 3.05) is 5.32 Å². The number of hydrogen-bond acceptors (Lipinski definition) is 3. The van der Waals surface area contributed by atoms with Crippen molar-refractivity contribution in [1.82, 2.24) is 0 Å². The molecule has 1 atom stereocenters. The van der Waals surface area contributed by atoms with E-state index < -0.39 is 29.4 Å². The molecule has 100 valence electrons. The molecular weight excluding hydrogens is 249 g/mol. The van der Waals surface area contributed by atoms with Crippen LogP contribution >= 0.6 is 0 Å². The smallest absolute Gasteiger partial charge is 0.416 e. The molecule has 0 unspecified atom stereocenters. The van der Waals surface area contributed by atoms with Gasteiger partial charge in [0.1, 0.15) is 5.75 Å². The van der Waals surface area contributed by atoms with Gasteiger partial charge in [-0.05, 0) is 24.6 Å². The van der Waals surface area contributed by atoms with Gasteiger partial charge in [-0.15, -0.1) is 0 Å². The first-order valence-electron chi connectivity index (χ1n) is 5.22. The number of amides is 1. The first-order valence-corrected chi connectivity index (χ1v) is 5.22. The summed E-state index contributed by atoms with van der Waals surface area (Å²) in [6.45, 7) is 1.66. The molecule has 1 aromatic rings. The summed E-state index contributed by atoms with van der Waals surface area (Å²) in [6.07, 6.45) is -4.20. The topological polar surface area (TPSA) is 75.4 Å². The van der Waals surface area contributed by atoms with Gasteiger partial charge in [-0.2, -0.15) is 13.2 Å². The molecule has 0 aliphatic heterocycles. The van der Waals surface area contributed by atoms with Gasteiger partial charge in [0.15, 0.2) is 0 Å². The quantitative estimate of drug-likeness (QED) is 0.730. The van der Waals surface area contributed by atoms with Crippen LogP contribution in [0.4, 0.5) is 18.9 Å². The summed E-state index contributed by atoms with van der Waals surface area (Å²) in [6, 6.07) is 1.43. The van der Waals surface area contributed by atoms with Crippen LogP contribution in [-0.4, -0.2) is 17.1 Å². The third-order valence-corrected chi connectivity index (χ3v) is 2.36. The minimum atomic E-state index is -4.54. The van der Waals surface area contributed by atoms with Crippen LogP contribution in [0.15, 0.2) is 18.2 Å². The Labute approximate surface area is 102 Å². The zero-order valence-corrected chi connectivity index (χ0v) is 9.58. The molecule has 0 aliphatic rings. The van der Waals surface area contributed by atoms with E-state index in [0.29, 0.717) is 12.5 Å². The lowest BCUT2D eigenvalue weighted by Gasteiger charge is -2.13. The molecule has 0 saturated carbocycles. The third-order valence-electron chi connectivity index (χ3n) is 2.36. The minimum absolute atomic E-state index is 0.307. The van der Waals surface area contributed by atoms with Crippen LogP contribution in [0.5, 0.6) is 5.75 Å². The third kappa shape index (κ3) is 3.36. The second-order valence-corrected chi connectivity index (χ2v) is 3.73. The summed E-state index contributed by atoms with van der Waals surface area (Å²) in [5, 5.41) is 11.5. The van der Waals surface area contributed by atoms with Crippen molar-refractivity contribution in [3.8, 4) is 5.75 Å². The van der Waals surface area contributed by atoms with Crippen molar-refractivity contribution in [1.29, 1.82) is 0 Å². The number of aromatic hydroxyl groups is 1. The molecule has 0 bridgehead atoms. The number of hydrogen-bond donors (Lipinski definition) is 3. The molecule has 7 heteroatoms. The second-order valence-electron chi connectivity index (χ2n) is 3.73. The van der Waals surface area contributed by atoms with Gasteiger partial charge >= 0.3 is 6.18 Å². The lowest BCUT2D eigenvalue weighted by atomic mass is 10.1. The average molecular weight is 262 g/mol. The van der Waals surface area contributed by atoms with E-state index in [0.717, 1.165) is 12.1 Å². The highest BCUT2D eigenvalue weighted by atomic mass is 19.4. The minimum Gasteiger partial charge on any atom is -0.506 e. The summed E-state index contributed by atoms with van der Waals surface area (Å²) < 4.78 is 37.3. The standard InChI is InChI=1S/C11H13F3N2O2/c1-2-7(15)10(18)16-8-5-6(11(12,13)14)3-4-9(8)17/h3-5,7,17H,2,15H2,1H3,(H,16,18)/t7-/m1/s1. The SMILES string of the molecule is CC[C@@H](N)C(=O)Nc1cc(C(F)(F)F)ccc1O. The monoisotopic (exact) mass is 262 g/mol. The number of halogens is 3. The number of nitrogens with two attached hydrogens (primary N) is 1. The van der Waals surface area contributed by atoms with Crippen LogP contribution in [0.25, 0.3) is 0 Å². The number of carbonyl (C=O) groups excluding carboxylic acids is 1. The second kappa shape index (κ2) is 5.26.